The van der Waals surface area contributed by atoms with Crippen molar-refractivity contribution < 1.29 is 18.7 Å². The Balaban J connectivity index is 1.86. The summed E-state index contributed by atoms with van der Waals surface area (Å²) in [4.78, 5) is 24.7. The highest BCUT2D eigenvalue weighted by Gasteiger charge is 2.22. The van der Waals surface area contributed by atoms with Crippen LogP contribution in [0.2, 0.25) is 0 Å². The number of thiophene rings is 1. The number of ether oxygens (including phenoxy) is 1. The van der Waals surface area contributed by atoms with Gasteiger partial charge in [-0.1, -0.05) is 40.2 Å². The Morgan fingerprint density at radius 1 is 1.11 bits per heavy atom. The Morgan fingerprint density at radius 3 is 2.41 bits per heavy atom. The van der Waals surface area contributed by atoms with E-state index in [1.165, 1.54) is 30.6 Å². The Bertz CT molecular complexity index is 968. The molecule has 0 saturated carbocycles. The summed E-state index contributed by atoms with van der Waals surface area (Å²) in [6, 6.07) is 13.2. The van der Waals surface area contributed by atoms with Gasteiger partial charge in [0.15, 0.2) is 0 Å². The van der Waals surface area contributed by atoms with Gasteiger partial charge in [0.2, 0.25) is 5.91 Å². The maximum Gasteiger partial charge on any atom is 0.341 e. The van der Waals surface area contributed by atoms with Crippen LogP contribution in [0.5, 0.6) is 0 Å². The van der Waals surface area contributed by atoms with Gasteiger partial charge in [-0.05, 0) is 35.4 Å². The van der Waals surface area contributed by atoms with Crippen molar-refractivity contribution in [3.05, 3.63) is 75.3 Å². The number of rotatable bonds is 5. The molecular weight excluding hydrogens is 433 g/mol. The van der Waals surface area contributed by atoms with Crippen LogP contribution in [0.25, 0.3) is 11.1 Å². The predicted molar refractivity (Wildman–Crippen MR) is 108 cm³/mol. The second kappa shape index (κ2) is 8.45. The molecule has 2 aromatic carbocycles. The summed E-state index contributed by atoms with van der Waals surface area (Å²) in [5, 5.41) is 4.93. The van der Waals surface area contributed by atoms with E-state index in [1.54, 1.807) is 17.5 Å². The lowest BCUT2D eigenvalue weighted by atomic mass is 10.0. The largest absolute Gasteiger partial charge is 0.465 e. The molecule has 0 aliphatic rings. The zero-order chi connectivity index (χ0) is 19.4. The molecule has 0 fully saturated rings. The van der Waals surface area contributed by atoms with Crippen molar-refractivity contribution >= 4 is 44.1 Å². The first-order valence-corrected chi connectivity index (χ1v) is 9.65. The van der Waals surface area contributed by atoms with Crippen LogP contribution in [0.1, 0.15) is 15.9 Å². The predicted octanol–water partition coefficient (Wildman–Crippen LogP) is 5.28. The summed E-state index contributed by atoms with van der Waals surface area (Å²) < 4.78 is 19.0. The summed E-state index contributed by atoms with van der Waals surface area (Å²) >= 11 is 4.58. The SMILES string of the molecule is COC(=O)c1c(-c2ccc(F)cc2)csc1NC(=O)Cc1ccc(Br)cc1. The highest BCUT2D eigenvalue weighted by molar-refractivity contribution is 9.10. The van der Waals surface area contributed by atoms with Gasteiger partial charge in [-0.25, -0.2) is 9.18 Å². The second-order valence-corrected chi connectivity index (χ2v) is 7.50. The third-order valence-corrected chi connectivity index (χ3v) is 5.29. The first-order chi connectivity index (χ1) is 13.0. The van der Waals surface area contributed by atoms with Gasteiger partial charge in [0.1, 0.15) is 16.4 Å². The van der Waals surface area contributed by atoms with E-state index in [0.717, 1.165) is 10.0 Å². The molecule has 27 heavy (non-hydrogen) atoms. The van der Waals surface area contributed by atoms with Gasteiger partial charge in [-0.3, -0.25) is 4.79 Å². The van der Waals surface area contributed by atoms with Crippen LogP contribution in [-0.2, 0) is 16.0 Å². The molecule has 3 aromatic rings. The van der Waals surface area contributed by atoms with Crippen molar-refractivity contribution in [3.63, 3.8) is 0 Å². The van der Waals surface area contributed by atoms with Crippen LogP contribution in [-0.4, -0.2) is 19.0 Å². The fourth-order valence-corrected chi connectivity index (χ4v) is 3.79. The molecule has 1 aromatic heterocycles. The lowest BCUT2D eigenvalue weighted by Gasteiger charge is -2.08. The van der Waals surface area contributed by atoms with Crippen molar-refractivity contribution in [1.29, 1.82) is 0 Å². The van der Waals surface area contributed by atoms with E-state index in [4.69, 9.17) is 4.74 Å². The number of esters is 1. The topological polar surface area (TPSA) is 55.4 Å². The maximum atomic E-state index is 13.2. The number of methoxy groups -OCH3 is 1. The molecule has 1 heterocycles. The van der Waals surface area contributed by atoms with Crippen molar-refractivity contribution in [2.75, 3.05) is 12.4 Å². The van der Waals surface area contributed by atoms with Crippen LogP contribution >= 0.6 is 27.3 Å². The Kier molecular flexibility index (Phi) is 6.03. The molecule has 0 atom stereocenters. The van der Waals surface area contributed by atoms with Gasteiger partial charge in [-0.2, -0.15) is 0 Å². The lowest BCUT2D eigenvalue weighted by molar-refractivity contribution is -0.115. The summed E-state index contributed by atoms with van der Waals surface area (Å²) in [6.07, 6.45) is 0.178. The fourth-order valence-electron chi connectivity index (χ4n) is 2.55. The number of anilines is 1. The quantitative estimate of drug-likeness (QED) is 0.540. The van der Waals surface area contributed by atoms with E-state index in [1.807, 2.05) is 24.3 Å². The number of carbonyl (C=O) groups excluding carboxylic acids is 2. The molecule has 4 nitrogen and oxygen atoms in total. The molecule has 0 aliphatic carbocycles. The third-order valence-electron chi connectivity index (χ3n) is 3.87. The number of halogens is 2. The number of amides is 1. The van der Waals surface area contributed by atoms with E-state index in [9.17, 15) is 14.0 Å². The molecule has 0 bridgehead atoms. The average molecular weight is 448 g/mol. The molecule has 1 amide bonds. The van der Waals surface area contributed by atoms with E-state index >= 15 is 0 Å². The number of nitrogens with one attached hydrogen (secondary N) is 1. The fraction of sp³-hybridized carbons (Fsp3) is 0.100. The zero-order valence-electron chi connectivity index (χ0n) is 14.3. The normalized spacial score (nSPS) is 10.5. The van der Waals surface area contributed by atoms with Gasteiger partial charge < -0.3 is 10.1 Å². The smallest absolute Gasteiger partial charge is 0.341 e. The molecule has 1 N–H and O–H groups in total. The second-order valence-electron chi connectivity index (χ2n) is 5.70. The highest BCUT2D eigenvalue weighted by Crippen LogP contribution is 2.36. The van der Waals surface area contributed by atoms with Gasteiger partial charge in [0.05, 0.1) is 13.5 Å². The summed E-state index contributed by atoms with van der Waals surface area (Å²) in [6.45, 7) is 0. The summed E-state index contributed by atoms with van der Waals surface area (Å²) in [5.41, 5.74) is 2.37. The number of benzene rings is 2. The molecule has 138 valence electrons. The van der Waals surface area contributed by atoms with Crippen LogP contribution in [0.3, 0.4) is 0 Å². The van der Waals surface area contributed by atoms with Gasteiger partial charge in [0, 0.05) is 15.4 Å². The minimum absolute atomic E-state index is 0.178. The average Bonchev–Trinajstić information content (AvgIpc) is 3.07. The first-order valence-electron chi connectivity index (χ1n) is 7.98. The third kappa shape index (κ3) is 4.61. The van der Waals surface area contributed by atoms with Crippen LogP contribution in [0.4, 0.5) is 9.39 Å². The lowest BCUT2D eigenvalue weighted by Crippen LogP contribution is -2.16. The first kappa shape index (κ1) is 19.3. The standard InChI is InChI=1S/C20H15BrFNO3S/c1-26-20(25)18-16(13-4-8-15(22)9-5-13)11-27-19(18)23-17(24)10-12-2-6-14(21)7-3-12/h2-9,11H,10H2,1H3,(H,23,24). The molecule has 0 spiro atoms. The molecule has 3 rings (SSSR count). The molecular formula is C20H15BrFNO3S. The number of hydrogen-bond acceptors (Lipinski definition) is 4. The summed E-state index contributed by atoms with van der Waals surface area (Å²) in [7, 11) is 1.28. The van der Waals surface area contributed by atoms with Crippen LogP contribution in [0.15, 0.2) is 58.4 Å². The van der Waals surface area contributed by atoms with E-state index in [-0.39, 0.29) is 23.7 Å². The minimum Gasteiger partial charge on any atom is -0.465 e. The van der Waals surface area contributed by atoms with Gasteiger partial charge >= 0.3 is 5.97 Å². The molecule has 0 radical (unpaired) electrons. The highest BCUT2D eigenvalue weighted by atomic mass is 79.9. The molecule has 0 aliphatic heterocycles. The van der Waals surface area contributed by atoms with E-state index < -0.39 is 5.97 Å². The minimum atomic E-state index is -0.561. The summed E-state index contributed by atoms with van der Waals surface area (Å²) in [5.74, 6) is -1.17. The molecule has 0 saturated heterocycles. The Hall–Kier alpha value is -2.51. The van der Waals surface area contributed by atoms with Gasteiger partial charge in [-0.15, -0.1) is 11.3 Å². The van der Waals surface area contributed by atoms with Crippen molar-refractivity contribution in [2.24, 2.45) is 0 Å². The number of hydrogen-bond donors (Lipinski definition) is 1. The van der Waals surface area contributed by atoms with Crippen LogP contribution < -0.4 is 5.32 Å². The zero-order valence-corrected chi connectivity index (χ0v) is 16.7. The Labute approximate surface area is 168 Å². The van der Waals surface area contributed by atoms with Crippen molar-refractivity contribution in [3.8, 4) is 11.1 Å². The van der Waals surface area contributed by atoms with Crippen LogP contribution in [0, 0.1) is 5.82 Å². The molecule has 7 heteroatoms. The van der Waals surface area contributed by atoms with Gasteiger partial charge in [0.25, 0.3) is 0 Å². The molecule has 0 unspecified atom stereocenters. The van der Waals surface area contributed by atoms with E-state index in [0.29, 0.717) is 16.1 Å². The maximum absolute atomic E-state index is 13.2. The van der Waals surface area contributed by atoms with E-state index in [2.05, 4.69) is 21.2 Å². The Morgan fingerprint density at radius 2 is 1.78 bits per heavy atom. The van der Waals surface area contributed by atoms with Crippen molar-refractivity contribution in [2.45, 2.75) is 6.42 Å². The monoisotopic (exact) mass is 447 g/mol. The van der Waals surface area contributed by atoms with Crippen molar-refractivity contribution in [1.82, 2.24) is 0 Å². The number of carbonyl (C=O) groups is 2.